The van der Waals surface area contributed by atoms with Crippen LogP contribution < -0.4 is 5.73 Å². The van der Waals surface area contributed by atoms with E-state index in [-0.39, 0.29) is 17.3 Å². The maximum Gasteiger partial charge on any atom is 0.248 e. The van der Waals surface area contributed by atoms with Crippen molar-refractivity contribution in [3.05, 3.63) is 71.6 Å². The first-order valence-electron chi connectivity index (χ1n) is 6.24. The lowest BCUT2D eigenvalue weighted by Crippen LogP contribution is -2.11. The second-order valence-electron chi connectivity index (χ2n) is 4.49. The minimum Gasteiger partial charge on any atom is -0.419 e. The molecule has 6 heteroatoms. The van der Waals surface area contributed by atoms with E-state index < -0.39 is 17.7 Å². The molecule has 3 rings (SSSR count). The van der Waals surface area contributed by atoms with Crippen molar-refractivity contribution in [3.8, 4) is 11.5 Å². The first-order chi connectivity index (χ1) is 10.1. The van der Waals surface area contributed by atoms with Gasteiger partial charge in [0.05, 0.1) is 0 Å². The molecule has 0 bridgehead atoms. The van der Waals surface area contributed by atoms with Crippen LogP contribution in [0.5, 0.6) is 0 Å². The van der Waals surface area contributed by atoms with Gasteiger partial charge < -0.3 is 10.2 Å². The van der Waals surface area contributed by atoms with Gasteiger partial charge in [0.2, 0.25) is 11.8 Å². The van der Waals surface area contributed by atoms with Gasteiger partial charge in [0.15, 0.2) is 0 Å². The molecule has 0 saturated heterocycles. The predicted octanol–water partition coefficient (Wildman–Crippen LogP) is 3.06. The third-order valence-electron chi connectivity index (χ3n) is 2.97. The summed E-state index contributed by atoms with van der Waals surface area (Å²) in [6, 6.07) is 11.6. The molecule has 106 valence electrons. The van der Waals surface area contributed by atoms with Gasteiger partial charge in [-0.25, -0.2) is 8.78 Å². The largest absolute Gasteiger partial charge is 0.419 e. The Morgan fingerprint density at radius 1 is 0.952 bits per heavy atom. The second kappa shape index (κ2) is 5.41. The van der Waals surface area contributed by atoms with E-state index in [0.29, 0.717) is 0 Å². The molecule has 1 atom stereocenters. The fourth-order valence-electron chi connectivity index (χ4n) is 1.96. The number of aromatic nitrogens is 2. The number of benzene rings is 2. The third-order valence-corrected chi connectivity index (χ3v) is 2.97. The van der Waals surface area contributed by atoms with Gasteiger partial charge in [0.1, 0.15) is 17.7 Å². The zero-order valence-corrected chi connectivity index (χ0v) is 10.8. The van der Waals surface area contributed by atoms with E-state index in [1.165, 1.54) is 0 Å². The highest BCUT2D eigenvalue weighted by atomic mass is 19.1. The van der Waals surface area contributed by atoms with Gasteiger partial charge >= 0.3 is 0 Å². The molecule has 4 nitrogen and oxygen atoms in total. The minimum absolute atomic E-state index is 0.0229. The van der Waals surface area contributed by atoms with Crippen molar-refractivity contribution in [2.45, 2.75) is 6.04 Å². The summed E-state index contributed by atoms with van der Waals surface area (Å²) in [5.74, 6) is -1.22. The molecular weight excluding hydrogens is 276 g/mol. The van der Waals surface area contributed by atoms with Crippen LogP contribution in [-0.4, -0.2) is 10.2 Å². The van der Waals surface area contributed by atoms with Crippen molar-refractivity contribution < 1.29 is 13.2 Å². The van der Waals surface area contributed by atoms with Crippen LogP contribution in [0.2, 0.25) is 0 Å². The van der Waals surface area contributed by atoms with Gasteiger partial charge in [-0.2, -0.15) is 0 Å². The fraction of sp³-hybridized carbons (Fsp3) is 0.0667. The molecular formula is C15H11F2N3O. The zero-order chi connectivity index (χ0) is 14.8. The highest BCUT2D eigenvalue weighted by molar-refractivity contribution is 5.52. The zero-order valence-electron chi connectivity index (χ0n) is 10.8. The topological polar surface area (TPSA) is 64.9 Å². The molecule has 2 N–H and O–H groups in total. The minimum atomic E-state index is -0.711. The van der Waals surface area contributed by atoms with Gasteiger partial charge in [-0.1, -0.05) is 30.3 Å². The van der Waals surface area contributed by atoms with Crippen LogP contribution in [0.1, 0.15) is 17.5 Å². The smallest absolute Gasteiger partial charge is 0.248 e. The summed E-state index contributed by atoms with van der Waals surface area (Å²) in [5, 5.41) is 7.63. The molecule has 0 spiro atoms. The number of halogens is 2. The molecule has 1 heterocycles. The van der Waals surface area contributed by atoms with E-state index in [1.807, 2.05) is 30.3 Å². The van der Waals surface area contributed by atoms with Gasteiger partial charge in [-0.05, 0) is 17.7 Å². The molecule has 1 aromatic heterocycles. The number of nitrogens with two attached hydrogens (primary N) is 1. The lowest BCUT2D eigenvalue weighted by Gasteiger charge is -2.06. The summed E-state index contributed by atoms with van der Waals surface area (Å²) in [5.41, 5.74) is 7.00. The van der Waals surface area contributed by atoms with Crippen LogP contribution in [0.4, 0.5) is 8.78 Å². The summed E-state index contributed by atoms with van der Waals surface area (Å²) < 4.78 is 31.8. The number of hydrogen-bond donors (Lipinski definition) is 1. The molecule has 0 fully saturated rings. The average molecular weight is 287 g/mol. The highest BCUT2D eigenvalue weighted by Crippen LogP contribution is 2.24. The van der Waals surface area contributed by atoms with Crippen LogP contribution in [0.25, 0.3) is 11.5 Å². The van der Waals surface area contributed by atoms with Gasteiger partial charge in [-0.15, -0.1) is 10.2 Å². The Balaban J connectivity index is 1.93. The molecule has 3 aromatic rings. The maximum absolute atomic E-state index is 13.2. The van der Waals surface area contributed by atoms with Crippen molar-refractivity contribution in [1.82, 2.24) is 10.2 Å². The number of rotatable bonds is 3. The van der Waals surface area contributed by atoms with Crippen molar-refractivity contribution in [1.29, 1.82) is 0 Å². The fourth-order valence-corrected chi connectivity index (χ4v) is 1.96. The molecule has 0 aliphatic heterocycles. The van der Waals surface area contributed by atoms with Gasteiger partial charge in [-0.3, -0.25) is 0 Å². The summed E-state index contributed by atoms with van der Waals surface area (Å²) in [7, 11) is 0. The standard InChI is InChI=1S/C15H11F2N3O/c16-11-6-10(7-12(17)8-11)14-19-20-15(21-14)13(18)9-4-2-1-3-5-9/h1-8,13H,18H2. The maximum atomic E-state index is 13.2. The van der Waals surface area contributed by atoms with Crippen LogP contribution in [0.3, 0.4) is 0 Å². The first kappa shape index (κ1) is 13.4. The molecule has 0 amide bonds. The van der Waals surface area contributed by atoms with Crippen molar-refractivity contribution in [2.75, 3.05) is 0 Å². The molecule has 0 radical (unpaired) electrons. The summed E-state index contributed by atoms with van der Waals surface area (Å²) in [6.07, 6.45) is 0. The Kier molecular flexibility index (Phi) is 3.45. The highest BCUT2D eigenvalue weighted by Gasteiger charge is 2.17. The number of hydrogen-bond acceptors (Lipinski definition) is 4. The van der Waals surface area contributed by atoms with Crippen molar-refractivity contribution in [2.24, 2.45) is 5.73 Å². The van der Waals surface area contributed by atoms with E-state index in [4.69, 9.17) is 10.2 Å². The van der Waals surface area contributed by atoms with E-state index in [9.17, 15) is 8.78 Å². The quantitative estimate of drug-likeness (QED) is 0.804. The Morgan fingerprint density at radius 3 is 2.29 bits per heavy atom. The molecule has 21 heavy (non-hydrogen) atoms. The summed E-state index contributed by atoms with van der Waals surface area (Å²) >= 11 is 0. The Morgan fingerprint density at radius 2 is 1.62 bits per heavy atom. The Labute approximate surface area is 119 Å². The van der Waals surface area contributed by atoms with Crippen molar-refractivity contribution >= 4 is 0 Å². The molecule has 0 aliphatic rings. The molecule has 2 aromatic carbocycles. The van der Waals surface area contributed by atoms with Crippen LogP contribution in [0.15, 0.2) is 52.9 Å². The second-order valence-corrected chi connectivity index (χ2v) is 4.49. The van der Waals surface area contributed by atoms with E-state index in [0.717, 1.165) is 23.8 Å². The normalized spacial score (nSPS) is 12.3. The number of nitrogens with zero attached hydrogens (tertiary/aromatic N) is 2. The summed E-state index contributed by atoms with van der Waals surface area (Å²) in [4.78, 5) is 0. The molecule has 0 saturated carbocycles. The van der Waals surface area contributed by atoms with Crippen LogP contribution in [-0.2, 0) is 0 Å². The predicted molar refractivity (Wildman–Crippen MR) is 72.1 cm³/mol. The Hall–Kier alpha value is -2.60. The summed E-state index contributed by atoms with van der Waals surface area (Å²) in [6.45, 7) is 0. The molecule has 0 aliphatic carbocycles. The molecule has 1 unspecified atom stereocenters. The van der Waals surface area contributed by atoms with Crippen molar-refractivity contribution in [3.63, 3.8) is 0 Å². The van der Waals surface area contributed by atoms with E-state index in [2.05, 4.69) is 10.2 Å². The SMILES string of the molecule is NC(c1ccccc1)c1nnc(-c2cc(F)cc(F)c2)o1. The third kappa shape index (κ3) is 2.80. The first-order valence-corrected chi connectivity index (χ1v) is 6.24. The lowest BCUT2D eigenvalue weighted by molar-refractivity contribution is 0.483. The van der Waals surface area contributed by atoms with Crippen LogP contribution >= 0.6 is 0 Å². The van der Waals surface area contributed by atoms with Crippen LogP contribution in [0, 0.1) is 11.6 Å². The average Bonchev–Trinajstić information content (AvgIpc) is 2.96. The van der Waals surface area contributed by atoms with Gasteiger partial charge in [0.25, 0.3) is 0 Å². The Bertz CT molecular complexity index is 738. The van der Waals surface area contributed by atoms with E-state index >= 15 is 0 Å². The lowest BCUT2D eigenvalue weighted by atomic mass is 10.1. The van der Waals surface area contributed by atoms with E-state index in [1.54, 1.807) is 0 Å². The monoisotopic (exact) mass is 287 g/mol. The van der Waals surface area contributed by atoms with Gasteiger partial charge in [0, 0.05) is 11.6 Å².